The van der Waals surface area contributed by atoms with Gasteiger partial charge in [0.1, 0.15) is 0 Å². The summed E-state index contributed by atoms with van der Waals surface area (Å²) in [6.07, 6.45) is 0. The van der Waals surface area contributed by atoms with E-state index in [0.717, 1.165) is 11.8 Å². The monoisotopic (exact) mass is 212 g/mol. The van der Waals surface area contributed by atoms with E-state index in [1.54, 1.807) is 0 Å². The van der Waals surface area contributed by atoms with Gasteiger partial charge in [-0.3, -0.25) is 0 Å². The van der Waals surface area contributed by atoms with Crippen LogP contribution < -0.4 is 0 Å². The minimum Gasteiger partial charge on any atom is -0.0615 e. The smallest absolute Gasteiger partial charge is 0.0293 e. The van der Waals surface area contributed by atoms with Crippen molar-refractivity contribution in [2.45, 2.75) is 69.2 Å². The van der Waals surface area contributed by atoms with Crippen LogP contribution in [-0.2, 0) is 0 Å². The molecule has 0 amide bonds. The molecule has 0 spiro atoms. The molecule has 15 heavy (non-hydrogen) atoms. The lowest BCUT2D eigenvalue weighted by molar-refractivity contribution is 0.00151. The standard InChI is InChI=1S/C15H32/c1-11(13(3,4)5)15(9,10)12(2)14(6,7)8/h11-12H,1-10H3. The van der Waals surface area contributed by atoms with Gasteiger partial charge < -0.3 is 0 Å². The molecule has 0 aliphatic rings. The van der Waals surface area contributed by atoms with Crippen molar-refractivity contribution in [2.24, 2.45) is 28.1 Å². The molecule has 0 saturated heterocycles. The van der Waals surface area contributed by atoms with Crippen molar-refractivity contribution in [3.8, 4) is 0 Å². The first kappa shape index (κ1) is 15.0. The van der Waals surface area contributed by atoms with Crippen LogP contribution in [0.1, 0.15) is 69.2 Å². The summed E-state index contributed by atoms with van der Waals surface area (Å²) in [7, 11) is 0. The molecule has 0 fully saturated rings. The lowest BCUT2D eigenvalue weighted by atomic mass is 9.56. The predicted molar refractivity (Wildman–Crippen MR) is 71.0 cm³/mol. The SMILES string of the molecule is CC(C(C)(C)C)C(C)(C)C(C)C(C)(C)C. The molecule has 0 aromatic rings. The van der Waals surface area contributed by atoms with Crippen LogP contribution in [-0.4, -0.2) is 0 Å². The van der Waals surface area contributed by atoms with E-state index in [9.17, 15) is 0 Å². The summed E-state index contributed by atoms with van der Waals surface area (Å²) in [5, 5.41) is 0. The molecule has 0 nitrogen and oxygen atoms in total. The number of rotatable bonds is 2. The average Bonchev–Trinajstić information content (AvgIpc) is 1.98. The Morgan fingerprint density at radius 2 is 0.733 bits per heavy atom. The van der Waals surface area contributed by atoms with E-state index in [1.165, 1.54) is 0 Å². The zero-order valence-electron chi connectivity index (χ0n) is 12.7. The summed E-state index contributed by atoms with van der Waals surface area (Å²) in [6, 6.07) is 0. The summed E-state index contributed by atoms with van der Waals surface area (Å²) in [6.45, 7) is 23.8. The van der Waals surface area contributed by atoms with Crippen molar-refractivity contribution in [3.63, 3.8) is 0 Å². The molecule has 92 valence electrons. The Labute approximate surface area is 97.8 Å². The maximum absolute atomic E-state index is 2.43. The van der Waals surface area contributed by atoms with E-state index < -0.39 is 0 Å². The molecule has 0 saturated carbocycles. The first-order chi connectivity index (χ1) is 6.31. The quantitative estimate of drug-likeness (QED) is 0.576. The van der Waals surface area contributed by atoms with Crippen LogP contribution in [0, 0.1) is 28.1 Å². The van der Waals surface area contributed by atoms with Gasteiger partial charge in [-0.05, 0) is 28.1 Å². The van der Waals surface area contributed by atoms with Gasteiger partial charge in [0, 0.05) is 0 Å². The van der Waals surface area contributed by atoms with Crippen molar-refractivity contribution in [3.05, 3.63) is 0 Å². The lowest BCUT2D eigenvalue weighted by Crippen LogP contribution is -2.41. The topological polar surface area (TPSA) is 0 Å². The third-order valence-corrected chi connectivity index (χ3v) is 4.83. The van der Waals surface area contributed by atoms with Crippen molar-refractivity contribution in [2.75, 3.05) is 0 Å². The molecule has 0 heterocycles. The Morgan fingerprint density at radius 3 is 0.867 bits per heavy atom. The molecule has 2 atom stereocenters. The van der Waals surface area contributed by atoms with Gasteiger partial charge in [0.2, 0.25) is 0 Å². The number of hydrogen-bond donors (Lipinski definition) is 0. The highest BCUT2D eigenvalue weighted by Gasteiger charge is 2.42. The van der Waals surface area contributed by atoms with Crippen LogP contribution in [0.4, 0.5) is 0 Å². The molecule has 0 N–H and O–H groups in total. The van der Waals surface area contributed by atoms with Crippen LogP contribution in [0.2, 0.25) is 0 Å². The van der Waals surface area contributed by atoms with Crippen molar-refractivity contribution >= 4 is 0 Å². The lowest BCUT2D eigenvalue weighted by Gasteiger charge is -2.49. The van der Waals surface area contributed by atoms with Crippen LogP contribution in [0.3, 0.4) is 0 Å². The van der Waals surface area contributed by atoms with Gasteiger partial charge in [0.15, 0.2) is 0 Å². The summed E-state index contributed by atoms with van der Waals surface area (Å²) in [5.74, 6) is 1.44. The van der Waals surface area contributed by atoms with E-state index in [1.807, 2.05) is 0 Å². The third kappa shape index (κ3) is 3.50. The molecule has 0 aliphatic heterocycles. The van der Waals surface area contributed by atoms with Gasteiger partial charge in [0.25, 0.3) is 0 Å². The van der Waals surface area contributed by atoms with Crippen LogP contribution >= 0.6 is 0 Å². The fourth-order valence-electron chi connectivity index (χ4n) is 2.61. The Morgan fingerprint density at radius 1 is 0.533 bits per heavy atom. The van der Waals surface area contributed by atoms with E-state index in [2.05, 4.69) is 69.2 Å². The fourth-order valence-corrected chi connectivity index (χ4v) is 2.61. The van der Waals surface area contributed by atoms with Crippen molar-refractivity contribution in [1.82, 2.24) is 0 Å². The molecule has 0 aromatic heterocycles. The van der Waals surface area contributed by atoms with Crippen LogP contribution in [0.25, 0.3) is 0 Å². The van der Waals surface area contributed by atoms with Gasteiger partial charge in [-0.1, -0.05) is 69.2 Å². The first-order valence-corrected chi connectivity index (χ1v) is 6.31. The second-order valence-corrected chi connectivity index (χ2v) is 8.00. The molecule has 0 heteroatoms. The molecule has 0 aliphatic carbocycles. The Bertz CT molecular complexity index is 175. The average molecular weight is 212 g/mol. The predicted octanol–water partition coefficient (Wildman–Crippen LogP) is 5.38. The normalized spacial score (nSPS) is 18.8. The number of hydrogen-bond acceptors (Lipinski definition) is 0. The van der Waals surface area contributed by atoms with Gasteiger partial charge in [-0.15, -0.1) is 0 Å². The van der Waals surface area contributed by atoms with E-state index in [0.29, 0.717) is 16.2 Å². The Kier molecular flexibility index (Phi) is 4.11. The van der Waals surface area contributed by atoms with Crippen LogP contribution in [0.15, 0.2) is 0 Å². The van der Waals surface area contributed by atoms with E-state index in [-0.39, 0.29) is 0 Å². The zero-order chi connectivity index (χ0) is 12.7. The van der Waals surface area contributed by atoms with Crippen LogP contribution in [0.5, 0.6) is 0 Å². The molecule has 0 radical (unpaired) electrons. The molecule has 0 bridgehead atoms. The largest absolute Gasteiger partial charge is 0.0615 e. The fraction of sp³-hybridized carbons (Fsp3) is 1.00. The molecule has 0 aromatic carbocycles. The first-order valence-electron chi connectivity index (χ1n) is 6.31. The minimum absolute atomic E-state index is 0.385. The zero-order valence-corrected chi connectivity index (χ0v) is 12.7. The highest BCUT2D eigenvalue weighted by atomic mass is 14.5. The Balaban J connectivity index is 4.98. The van der Waals surface area contributed by atoms with Gasteiger partial charge >= 0.3 is 0 Å². The molecular weight excluding hydrogens is 180 g/mol. The summed E-state index contributed by atoms with van der Waals surface area (Å²) >= 11 is 0. The van der Waals surface area contributed by atoms with E-state index in [4.69, 9.17) is 0 Å². The highest BCUT2D eigenvalue weighted by Crippen LogP contribution is 2.49. The molecule has 0 rings (SSSR count). The maximum atomic E-state index is 2.43. The molecule has 2 unspecified atom stereocenters. The minimum atomic E-state index is 0.385. The summed E-state index contributed by atoms with van der Waals surface area (Å²) in [4.78, 5) is 0. The van der Waals surface area contributed by atoms with Gasteiger partial charge in [-0.25, -0.2) is 0 Å². The van der Waals surface area contributed by atoms with Gasteiger partial charge in [0.05, 0.1) is 0 Å². The van der Waals surface area contributed by atoms with E-state index >= 15 is 0 Å². The molecular formula is C15H32. The Hall–Kier alpha value is 0. The summed E-state index contributed by atoms with van der Waals surface area (Å²) < 4.78 is 0. The second-order valence-electron chi connectivity index (χ2n) is 8.00. The maximum Gasteiger partial charge on any atom is -0.0293 e. The third-order valence-electron chi connectivity index (χ3n) is 4.83. The van der Waals surface area contributed by atoms with Gasteiger partial charge in [-0.2, -0.15) is 0 Å². The summed E-state index contributed by atoms with van der Waals surface area (Å²) in [5.41, 5.74) is 1.17. The second kappa shape index (κ2) is 4.11. The van der Waals surface area contributed by atoms with Crippen molar-refractivity contribution < 1.29 is 0 Å². The van der Waals surface area contributed by atoms with Crippen molar-refractivity contribution in [1.29, 1.82) is 0 Å². The highest BCUT2D eigenvalue weighted by molar-refractivity contribution is 4.91.